The summed E-state index contributed by atoms with van der Waals surface area (Å²) in [6.07, 6.45) is 5.94. The van der Waals surface area contributed by atoms with Crippen LogP contribution in [0.15, 0.2) is 28.2 Å². The maximum absolute atomic E-state index is 6.56. The van der Waals surface area contributed by atoms with Crippen molar-refractivity contribution in [2.24, 2.45) is 21.8 Å². The molecule has 4 nitrogen and oxygen atoms in total. The van der Waals surface area contributed by atoms with Crippen molar-refractivity contribution in [3.63, 3.8) is 0 Å². The van der Waals surface area contributed by atoms with Crippen LogP contribution in [0.4, 0.5) is 5.69 Å². The van der Waals surface area contributed by atoms with Crippen LogP contribution in [0.3, 0.4) is 0 Å². The van der Waals surface area contributed by atoms with E-state index in [1.54, 1.807) is 0 Å². The number of anilines is 1. The normalized spacial score (nSPS) is 26.4. The van der Waals surface area contributed by atoms with Gasteiger partial charge in [0.1, 0.15) is 17.8 Å². The van der Waals surface area contributed by atoms with Gasteiger partial charge in [0.25, 0.3) is 0 Å². The lowest BCUT2D eigenvalue weighted by molar-refractivity contribution is 0.301. The van der Waals surface area contributed by atoms with Crippen LogP contribution < -0.4 is 4.90 Å². The number of nitrogens with zero attached hydrogens (tertiary/aromatic N) is 4. The predicted molar refractivity (Wildman–Crippen MR) is 119 cm³/mol. The number of piperidine rings is 1. The fourth-order valence-electron chi connectivity index (χ4n) is 5.01. The van der Waals surface area contributed by atoms with Gasteiger partial charge in [-0.15, -0.1) is 0 Å². The van der Waals surface area contributed by atoms with Crippen LogP contribution in [0.2, 0.25) is 10.0 Å². The SMILES string of the molecule is CCCC(CCC)N1[CH][C@H]2CCN(c3ccc(Cl)cc3Cl)C3N=C(C)N=C1C32. The van der Waals surface area contributed by atoms with Gasteiger partial charge >= 0.3 is 0 Å². The Balaban J connectivity index is 1.67. The number of amidine groups is 2. The number of benzene rings is 1. The third kappa shape index (κ3) is 3.54. The largest absolute Gasteiger partial charge is 0.351 e. The molecule has 28 heavy (non-hydrogen) atoms. The van der Waals surface area contributed by atoms with E-state index in [1.807, 2.05) is 25.1 Å². The van der Waals surface area contributed by atoms with E-state index < -0.39 is 0 Å². The molecular weight excluding hydrogens is 391 g/mol. The average Bonchev–Trinajstić information content (AvgIpc) is 3.02. The topological polar surface area (TPSA) is 31.2 Å². The molecule has 0 spiro atoms. The molecule has 0 amide bonds. The Kier molecular flexibility index (Phi) is 5.89. The average molecular weight is 420 g/mol. The standard InChI is InChI=1S/C22H29Cl2N4/c1-4-6-17(7-5-2)28-13-15-10-11-27(19-9-8-16(23)12-18(19)24)21-20(15)22(28)26-14(3)25-21/h8-9,12-13,15,17,20-21H,4-7,10-11H2,1-3H3/t15-,20?,21?/m1/s1. The molecule has 0 aliphatic carbocycles. The highest BCUT2D eigenvalue weighted by Crippen LogP contribution is 2.46. The van der Waals surface area contributed by atoms with Crippen molar-refractivity contribution in [2.45, 2.75) is 65.1 Å². The van der Waals surface area contributed by atoms with Crippen molar-refractivity contribution >= 4 is 40.6 Å². The van der Waals surface area contributed by atoms with Gasteiger partial charge in [-0.25, -0.2) is 9.98 Å². The molecular formula is C22H29Cl2N4. The maximum atomic E-state index is 6.56. The monoisotopic (exact) mass is 419 g/mol. The van der Waals surface area contributed by atoms with Crippen molar-refractivity contribution in [1.82, 2.24) is 4.90 Å². The molecule has 6 heteroatoms. The molecule has 2 fully saturated rings. The molecule has 2 unspecified atom stereocenters. The fourth-order valence-corrected chi connectivity index (χ4v) is 5.52. The van der Waals surface area contributed by atoms with Crippen LogP contribution in [0.1, 0.15) is 52.9 Å². The second-order valence-electron chi connectivity index (χ2n) is 8.11. The summed E-state index contributed by atoms with van der Waals surface area (Å²) in [6, 6.07) is 6.30. The molecule has 0 bridgehead atoms. The Bertz CT molecular complexity index is 785. The minimum Gasteiger partial charge on any atom is -0.351 e. The van der Waals surface area contributed by atoms with Gasteiger partial charge in [0.05, 0.1) is 23.2 Å². The van der Waals surface area contributed by atoms with Crippen LogP contribution in [0.25, 0.3) is 0 Å². The van der Waals surface area contributed by atoms with Gasteiger partial charge in [-0.2, -0.15) is 0 Å². The van der Waals surface area contributed by atoms with Crippen LogP contribution in [0, 0.1) is 18.4 Å². The highest BCUT2D eigenvalue weighted by molar-refractivity contribution is 6.36. The van der Waals surface area contributed by atoms with Crippen molar-refractivity contribution < 1.29 is 0 Å². The molecule has 3 heterocycles. The fraction of sp³-hybridized carbons (Fsp3) is 0.591. The Hall–Kier alpha value is -1.26. The van der Waals surface area contributed by atoms with Crippen molar-refractivity contribution in [3.8, 4) is 0 Å². The van der Waals surface area contributed by atoms with Crippen molar-refractivity contribution in [3.05, 3.63) is 34.8 Å². The summed E-state index contributed by atoms with van der Waals surface area (Å²) < 4.78 is 0. The molecule has 3 aliphatic heterocycles. The second kappa shape index (κ2) is 8.23. The van der Waals surface area contributed by atoms with Crippen LogP contribution in [-0.4, -0.2) is 35.3 Å². The van der Waals surface area contributed by atoms with Crippen LogP contribution in [-0.2, 0) is 0 Å². The number of hydrogen-bond acceptors (Lipinski definition) is 4. The molecule has 151 valence electrons. The zero-order chi connectivity index (χ0) is 19.8. The first kappa shape index (κ1) is 20.0. The third-order valence-corrected chi connectivity index (χ3v) is 6.71. The lowest BCUT2D eigenvalue weighted by Gasteiger charge is -2.43. The van der Waals surface area contributed by atoms with Crippen LogP contribution in [0.5, 0.6) is 0 Å². The van der Waals surface area contributed by atoms with E-state index in [4.69, 9.17) is 33.2 Å². The van der Waals surface area contributed by atoms with E-state index in [2.05, 4.69) is 30.2 Å². The number of likely N-dealkylation sites (tertiary alicyclic amines) is 1. The van der Waals surface area contributed by atoms with E-state index >= 15 is 0 Å². The van der Waals surface area contributed by atoms with E-state index in [9.17, 15) is 0 Å². The summed E-state index contributed by atoms with van der Waals surface area (Å²) in [4.78, 5) is 14.8. The van der Waals surface area contributed by atoms with Gasteiger partial charge in [-0.1, -0.05) is 49.9 Å². The molecule has 3 atom stereocenters. The Morgan fingerprint density at radius 2 is 1.93 bits per heavy atom. The zero-order valence-electron chi connectivity index (χ0n) is 16.9. The van der Waals surface area contributed by atoms with Crippen molar-refractivity contribution in [1.29, 1.82) is 0 Å². The van der Waals surface area contributed by atoms with Crippen molar-refractivity contribution in [2.75, 3.05) is 11.4 Å². The molecule has 0 aromatic heterocycles. The van der Waals surface area contributed by atoms with Crippen LogP contribution >= 0.6 is 23.2 Å². The highest BCUT2D eigenvalue weighted by atomic mass is 35.5. The quantitative estimate of drug-likeness (QED) is 0.562. The lowest BCUT2D eigenvalue weighted by atomic mass is 9.84. The molecule has 0 N–H and O–H groups in total. The van der Waals surface area contributed by atoms with E-state index in [0.717, 1.165) is 24.5 Å². The highest BCUT2D eigenvalue weighted by Gasteiger charge is 2.51. The first-order valence-corrected chi connectivity index (χ1v) is 11.3. The van der Waals surface area contributed by atoms with E-state index in [1.165, 1.54) is 31.5 Å². The summed E-state index contributed by atoms with van der Waals surface area (Å²) in [6.45, 7) is 9.96. The molecule has 4 rings (SSSR count). The van der Waals surface area contributed by atoms with Gasteiger partial charge in [0, 0.05) is 17.6 Å². The smallest absolute Gasteiger partial charge is 0.133 e. The van der Waals surface area contributed by atoms with Gasteiger partial charge in [0.2, 0.25) is 0 Å². The van der Waals surface area contributed by atoms with Gasteiger partial charge in [-0.3, -0.25) is 0 Å². The van der Waals surface area contributed by atoms with Gasteiger partial charge in [-0.05, 0) is 50.3 Å². The number of hydrogen-bond donors (Lipinski definition) is 0. The molecule has 1 radical (unpaired) electrons. The maximum Gasteiger partial charge on any atom is 0.133 e. The molecule has 0 saturated carbocycles. The molecule has 1 aromatic carbocycles. The Morgan fingerprint density at radius 1 is 1.18 bits per heavy atom. The predicted octanol–water partition coefficient (Wildman–Crippen LogP) is 6.04. The minimum absolute atomic E-state index is 0.0510. The summed E-state index contributed by atoms with van der Waals surface area (Å²) in [5, 5.41) is 1.35. The first-order chi connectivity index (χ1) is 13.5. The number of rotatable bonds is 6. The zero-order valence-corrected chi connectivity index (χ0v) is 18.4. The second-order valence-corrected chi connectivity index (χ2v) is 8.96. The number of halogens is 2. The Labute approximate surface area is 178 Å². The summed E-state index contributed by atoms with van der Waals surface area (Å²) in [7, 11) is 0. The third-order valence-electron chi connectivity index (χ3n) is 6.17. The lowest BCUT2D eigenvalue weighted by Crippen LogP contribution is -2.52. The molecule has 3 aliphatic rings. The van der Waals surface area contributed by atoms with Gasteiger partial charge < -0.3 is 9.80 Å². The minimum atomic E-state index is 0.0510. The summed E-state index contributed by atoms with van der Waals surface area (Å²) in [5.74, 6) is 2.88. The molecule has 1 aromatic rings. The van der Waals surface area contributed by atoms with E-state index in [0.29, 0.717) is 27.9 Å². The summed E-state index contributed by atoms with van der Waals surface area (Å²) >= 11 is 12.7. The van der Waals surface area contributed by atoms with Gasteiger partial charge in [0.15, 0.2) is 0 Å². The Morgan fingerprint density at radius 3 is 2.61 bits per heavy atom. The first-order valence-electron chi connectivity index (χ1n) is 10.5. The summed E-state index contributed by atoms with van der Waals surface area (Å²) in [5.41, 5.74) is 1.02. The van der Waals surface area contributed by atoms with E-state index in [-0.39, 0.29) is 6.17 Å². The molecule has 2 saturated heterocycles. The number of aliphatic imine (C=N–C) groups is 2.